The highest BCUT2D eigenvalue weighted by molar-refractivity contribution is 5.88. The summed E-state index contributed by atoms with van der Waals surface area (Å²) >= 11 is 0. The van der Waals surface area contributed by atoms with Crippen molar-refractivity contribution in [1.29, 1.82) is 0 Å². The molecule has 28 heavy (non-hydrogen) atoms. The molecule has 0 saturated carbocycles. The largest absolute Gasteiger partial charge is 0.390 e. The van der Waals surface area contributed by atoms with Gasteiger partial charge in [-0.05, 0) is 64.3 Å². The Morgan fingerprint density at radius 2 is 2.04 bits per heavy atom. The van der Waals surface area contributed by atoms with Crippen LogP contribution >= 0.6 is 0 Å². The van der Waals surface area contributed by atoms with Crippen LogP contribution in [0.3, 0.4) is 0 Å². The van der Waals surface area contributed by atoms with E-state index in [-0.39, 0.29) is 18.4 Å². The van der Waals surface area contributed by atoms with Crippen LogP contribution in [0.5, 0.6) is 0 Å². The molecule has 1 aromatic carbocycles. The maximum absolute atomic E-state index is 12.0. The molecule has 2 aromatic rings. The van der Waals surface area contributed by atoms with E-state index in [1.807, 2.05) is 37.3 Å². The second kappa shape index (κ2) is 8.10. The third kappa shape index (κ3) is 5.16. The Balaban J connectivity index is 1.65. The van der Waals surface area contributed by atoms with Crippen molar-refractivity contribution < 1.29 is 9.90 Å². The SMILES string of the molecule is CC(=CC1=C(C)CC(Nc2ncnc3ccccc23)C1)NC(=O)CC(C)(C)O. The van der Waals surface area contributed by atoms with Gasteiger partial charge in [-0.3, -0.25) is 4.79 Å². The summed E-state index contributed by atoms with van der Waals surface area (Å²) in [6, 6.07) is 8.22. The van der Waals surface area contributed by atoms with Gasteiger partial charge in [0.25, 0.3) is 0 Å². The first-order valence-electron chi connectivity index (χ1n) is 9.57. The lowest BCUT2D eigenvalue weighted by molar-refractivity contribution is -0.124. The summed E-state index contributed by atoms with van der Waals surface area (Å²) in [5, 5.41) is 17.2. The molecule has 1 amide bonds. The minimum absolute atomic E-state index is 0.0706. The van der Waals surface area contributed by atoms with E-state index >= 15 is 0 Å². The van der Waals surface area contributed by atoms with Crippen molar-refractivity contribution in [3.63, 3.8) is 0 Å². The van der Waals surface area contributed by atoms with Crippen LogP contribution in [-0.4, -0.2) is 32.6 Å². The lowest BCUT2D eigenvalue weighted by atomic mass is 10.1. The van der Waals surface area contributed by atoms with Gasteiger partial charge in [-0.1, -0.05) is 17.7 Å². The Labute approximate surface area is 165 Å². The fourth-order valence-corrected chi connectivity index (χ4v) is 3.56. The van der Waals surface area contributed by atoms with Crippen molar-refractivity contribution in [3.05, 3.63) is 53.5 Å². The zero-order chi connectivity index (χ0) is 20.3. The smallest absolute Gasteiger partial charge is 0.226 e. The first kappa shape index (κ1) is 20.0. The molecule has 0 spiro atoms. The molecule has 1 aliphatic rings. The van der Waals surface area contributed by atoms with Gasteiger partial charge in [-0.15, -0.1) is 0 Å². The van der Waals surface area contributed by atoms with Crippen LogP contribution in [0.1, 0.15) is 47.0 Å². The van der Waals surface area contributed by atoms with Crippen molar-refractivity contribution in [3.8, 4) is 0 Å². The Kier molecular flexibility index (Phi) is 5.79. The molecule has 1 aliphatic carbocycles. The van der Waals surface area contributed by atoms with E-state index in [1.54, 1.807) is 20.2 Å². The van der Waals surface area contributed by atoms with Gasteiger partial charge < -0.3 is 15.7 Å². The van der Waals surface area contributed by atoms with Crippen LogP contribution in [0.25, 0.3) is 10.9 Å². The van der Waals surface area contributed by atoms with Crippen molar-refractivity contribution in [2.24, 2.45) is 0 Å². The molecule has 1 unspecified atom stereocenters. The highest BCUT2D eigenvalue weighted by Gasteiger charge is 2.22. The van der Waals surface area contributed by atoms with Crippen LogP contribution < -0.4 is 10.6 Å². The summed E-state index contributed by atoms with van der Waals surface area (Å²) < 4.78 is 0. The molecule has 0 fully saturated rings. The predicted molar refractivity (Wildman–Crippen MR) is 112 cm³/mol. The normalized spacial score (nSPS) is 17.9. The van der Waals surface area contributed by atoms with Crippen LogP contribution in [0.2, 0.25) is 0 Å². The summed E-state index contributed by atoms with van der Waals surface area (Å²) in [5.41, 5.74) is 3.22. The van der Waals surface area contributed by atoms with Crippen molar-refractivity contribution >= 4 is 22.6 Å². The molecule has 3 rings (SSSR count). The Morgan fingerprint density at radius 3 is 2.79 bits per heavy atom. The second-order valence-electron chi connectivity index (χ2n) is 8.16. The lowest BCUT2D eigenvalue weighted by Gasteiger charge is -2.16. The number of para-hydroxylation sites is 1. The molecular weight excluding hydrogens is 352 g/mol. The topological polar surface area (TPSA) is 87.1 Å². The molecule has 0 saturated heterocycles. The summed E-state index contributed by atoms with van der Waals surface area (Å²) in [5.74, 6) is 0.670. The summed E-state index contributed by atoms with van der Waals surface area (Å²) in [6.07, 6.45) is 5.47. The van der Waals surface area contributed by atoms with Gasteiger partial charge in [0.2, 0.25) is 5.91 Å². The van der Waals surface area contributed by atoms with Gasteiger partial charge in [0, 0.05) is 17.1 Å². The fraction of sp³-hybridized carbons (Fsp3) is 0.409. The minimum Gasteiger partial charge on any atom is -0.390 e. The quantitative estimate of drug-likeness (QED) is 0.711. The number of amides is 1. The number of fused-ring (bicyclic) bond motifs is 1. The second-order valence-corrected chi connectivity index (χ2v) is 8.16. The van der Waals surface area contributed by atoms with Gasteiger partial charge in [0.1, 0.15) is 12.1 Å². The molecule has 0 bridgehead atoms. The maximum Gasteiger partial charge on any atom is 0.226 e. The van der Waals surface area contributed by atoms with Crippen LogP contribution in [0.15, 0.2) is 53.5 Å². The zero-order valence-corrected chi connectivity index (χ0v) is 16.9. The number of nitrogens with one attached hydrogen (secondary N) is 2. The minimum atomic E-state index is -1.01. The molecular formula is C22H28N4O2. The molecule has 0 radical (unpaired) electrons. The van der Waals surface area contributed by atoms with Gasteiger partial charge in [-0.2, -0.15) is 0 Å². The predicted octanol–water partition coefficient (Wildman–Crippen LogP) is 3.70. The number of allylic oxidation sites excluding steroid dienone is 2. The first-order chi connectivity index (χ1) is 13.2. The molecule has 3 N–H and O–H groups in total. The third-order valence-corrected chi connectivity index (χ3v) is 4.77. The molecule has 6 heteroatoms. The monoisotopic (exact) mass is 380 g/mol. The number of hydrogen-bond acceptors (Lipinski definition) is 5. The number of hydrogen-bond donors (Lipinski definition) is 3. The van der Waals surface area contributed by atoms with E-state index in [2.05, 4.69) is 27.5 Å². The number of anilines is 1. The molecule has 148 valence electrons. The van der Waals surface area contributed by atoms with E-state index in [0.29, 0.717) is 0 Å². The number of nitrogens with zero attached hydrogens (tertiary/aromatic N) is 2. The number of carbonyl (C=O) groups is 1. The summed E-state index contributed by atoms with van der Waals surface area (Å²) in [7, 11) is 0. The molecule has 0 aliphatic heterocycles. The summed E-state index contributed by atoms with van der Waals surface area (Å²) in [4.78, 5) is 20.7. The van der Waals surface area contributed by atoms with E-state index in [4.69, 9.17) is 0 Å². The number of aromatic nitrogens is 2. The van der Waals surface area contributed by atoms with Crippen molar-refractivity contribution in [1.82, 2.24) is 15.3 Å². The molecule has 1 atom stereocenters. The average Bonchev–Trinajstić information content (AvgIpc) is 2.92. The van der Waals surface area contributed by atoms with Crippen LogP contribution in [0.4, 0.5) is 5.82 Å². The number of carbonyl (C=O) groups excluding carboxylic acids is 1. The highest BCUT2D eigenvalue weighted by Crippen LogP contribution is 2.31. The number of benzene rings is 1. The first-order valence-corrected chi connectivity index (χ1v) is 9.57. The number of rotatable bonds is 6. The summed E-state index contributed by atoms with van der Waals surface area (Å²) in [6.45, 7) is 7.25. The third-order valence-electron chi connectivity index (χ3n) is 4.77. The standard InChI is InChI=1S/C22H28N4O2/c1-14-9-17(26-21-18-7-5-6-8-19(18)23-13-24-21)11-16(14)10-15(2)25-20(27)12-22(3,4)28/h5-8,10,13,17,28H,9,11-12H2,1-4H3,(H,25,27)(H,23,24,26). The average molecular weight is 380 g/mol. The maximum atomic E-state index is 12.0. The van der Waals surface area contributed by atoms with Crippen molar-refractivity contribution in [2.75, 3.05) is 5.32 Å². The Morgan fingerprint density at radius 1 is 1.29 bits per heavy atom. The molecule has 1 heterocycles. The van der Waals surface area contributed by atoms with Gasteiger partial charge in [0.15, 0.2) is 0 Å². The molecule has 6 nitrogen and oxygen atoms in total. The Hall–Kier alpha value is -2.73. The Bertz CT molecular complexity index is 936. The number of aliphatic hydroxyl groups is 1. The highest BCUT2D eigenvalue weighted by atomic mass is 16.3. The van der Waals surface area contributed by atoms with Gasteiger partial charge in [0.05, 0.1) is 17.5 Å². The van der Waals surface area contributed by atoms with Crippen LogP contribution in [-0.2, 0) is 4.79 Å². The van der Waals surface area contributed by atoms with Gasteiger partial charge >= 0.3 is 0 Å². The fourth-order valence-electron chi connectivity index (χ4n) is 3.56. The van der Waals surface area contributed by atoms with Gasteiger partial charge in [-0.25, -0.2) is 9.97 Å². The zero-order valence-electron chi connectivity index (χ0n) is 16.9. The molecule has 1 aromatic heterocycles. The van der Waals surface area contributed by atoms with E-state index in [1.165, 1.54) is 11.1 Å². The van der Waals surface area contributed by atoms with Crippen LogP contribution in [0, 0.1) is 0 Å². The van der Waals surface area contributed by atoms with E-state index < -0.39 is 5.60 Å². The lowest BCUT2D eigenvalue weighted by Crippen LogP contribution is -2.31. The van der Waals surface area contributed by atoms with Crippen molar-refractivity contribution in [2.45, 2.75) is 58.6 Å². The van der Waals surface area contributed by atoms with E-state index in [0.717, 1.165) is 35.3 Å². The van der Waals surface area contributed by atoms with E-state index in [9.17, 15) is 9.90 Å².